The number of rotatable bonds is 10. The molecule has 4 saturated carbocycles. The minimum absolute atomic E-state index is 0.0381. The summed E-state index contributed by atoms with van der Waals surface area (Å²) in [7, 11) is 0. The Labute approximate surface area is 384 Å². The van der Waals surface area contributed by atoms with Gasteiger partial charge in [-0.3, -0.25) is 0 Å². The summed E-state index contributed by atoms with van der Waals surface area (Å²) < 4.78 is 44.3. The summed E-state index contributed by atoms with van der Waals surface area (Å²) in [5, 5.41) is 107. The van der Waals surface area contributed by atoms with Crippen LogP contribution in [-0.4, -0.2) is 180 Å². The number of fused-ring (bicyclic) bond motifs is 5. The third kappa shape index (κ3) is 8.11. The normalized spacial score (nSPS) is 56.6. The number of aliphatic hydroxyl groups excluding tert-OH is 9. The number of hydrogen-bond donors (Lipinski definition) is 10. The van der Waals surface area contributed by atoms with Gasteiger partial charge in [0.2, 0.25) is 0 Å². The summed E-state index contributed by atoms with van der Waals surface area (Å²) in [6, 6.07) is 0. The van der Waals surface area contributed by atoms with Crippen molar-refractivity contribution in [3.63, 3.8) is 0 Å². The SMILES string of the molecule is C[C@@H]1O[C@@H](O[C@H]2[C@H](O[C@H]3CC[C@@]4(C)[C@H](CC[C@]5(C)[C@@H]4CC[C@@H]4[C@@H]([C@]6(C)CC[C@H]([C@](C)(O)CO)O6)CC[C@]45C)C3(C)C)O[C@H](CO)[C@@H](O)[C@@H]2O[C@@H]2O[C@@H](C)[C@H](O)[C@@H](O)[C@H]2O)[C@H](O)[C@H](O)[C@H]1O. The molecule has 0 amide bonds. The van der Waals surface area contributed by atoms with E-state index in [1.807, 2.05) is 0 Å². The monoisotopic (exact) mass is 931 g/mol. The van der Waals surface area contributed by atoms with Crippen molar-refractivity contribution in [2.45, 2.75) is 242 Å². The number of hydrogen-bond acceptors (Lipinski definition) is 17. The molecule has 8 rings (SSSR count). The highest BCUT2D eigenvalue weighted by molar-refractivity contribution is 5.19. The van der Waals surface area contributed by atoms with Gasteiger partial charge in [0.15, 0.2) is 18.9 Å². The van der Waals surface area contributed by atoms with Crippen molar-refractivity contribution >= 4 is 0 Å². The van der Waals surface area contributed by atoms with Gasteiger partial charge in [-0.1, -0.05) is 34.6 Å². The van der Waals surface area contributed by atoms with E-state index in [0.717, 1.165) is 57.8 Å². The predicted octanol–water partition coefficient (Wildman–Crippen LogP) is 1.24. The summed E-state index contributed by atoms with van der Waals surface area (Å²) >= 11 is 0. The highest BCUT2D eigenvalue weighted by Gasteiger charge is 2.70. The predicted molar refractivity (Wildman–Crippen MR) is 230 cm³/mol. The Bertz CT molecular complexity index is 1670. The fourth-order valence-corrected chi connectivity index (χ4v) is 15.5. The van der Waals surface area contributed by atoms with Crippen LogP contribution >= 0.6 is 0 Å². The van der Waals surface area contributed by atoms with Crippen LogP contribution in [0.5, 0.6) is 0 Å². The third-order valence-corrected chi connectivity index (χ3v) is 19.7. The second kappa shape index (κ2) is 17.9. The zero-order valence-corrected chi connectivity index (χ0v) is 39.9. The molecule has 0 aromatic carbocycles. The molecular weight excluding hydrogens is 849 g/mol. The van der Waals surface area contributed by atoms with Crippen molar-refractivity contribution < 1.29 is 84.2 Å². The Morgan fingerprint density at radius 1 is 0.554 bits per heavy atom. The fraction of sp³-hybridized carbons (Fsp3) is 1.00. The van der Waals surface area contributed by atoms with Crippen LogP contribution in [0, 0.1) is 45.3 Å². The molecule has 0 bridgehead atoms. The first-order valence-electron chi connectivity index (χ1n) is 24.6. The smallest absolute Gasteiger partial charge is 0.187 e. The average molecular weight is 931 g/mol. The van der Waals surface area contributed by atoms with Crippen molar-refractivity contribution in [2.24, 2.45) is 45.3 Å². The topological polar surface area (TPSA) is 267 Å². The molecule has 0 aromatic heterocycles. The van der Waals surface area contributed by atoms with Crippen LogP contribution in [0.1, 0.15) is 127 Å². The van der Waals surface area contributed by atoms with Crippen molar-refractivity contribution in [3.8, 4) is 0 Å². The molecule has 4 heterocycles. The Hall–Kier alpha value is -0.680. The van der Waals surface area contributed by atoms with E-state index in [1.165, 1.54) is 13.8 Å². The van der Waals surface area contributed by atoms with Crippen molar-refractivity contribution in [3.05, 3.63) is 0 Å². The average Bonchev–Trinajstić information content (AvgIpc) is 3.85. The zero-order valence-electron chi connectivity index (χ0n) is 39.9. The maximum absolute atomic E-state index is 11.7. The van der Waals surface area contributed by atoms with Crippen molar-refractivity contribution in [1.82, 2.24) is 0 Å². The Morgan fingerprint density at radius 2 is 1.14 bits per heavy atom. The minimum atomic E-state index is -1.75. The summed E-state index contributed by atoms with van der Waals surface area (Å²) in [4.78, 5) is 0. The first-order chi connectivity index (χ1) is 30.3. The highest BCUT2D eigenvalue weighted by Crippen LogP contribution is 2.76. The van der Waals surface area contributed by atoms with Gasteiger partial charge in [-0.2, -0.15) is 0 Å². The lowest BCUT2D eigenvalue weighted by molar-refractivity contribution is -0.397. The van der Waals surface area contributed by atoms with Crippen LogP contribution in [0.15, 0.2) is 0 Å². The fourth-order valence-electron chi connectivity index (χ4n) is 15.5. The largest absolute Gasteiger partial charge is 0.394 e. The van der Waals surface area contributed by atoms with Gasteiger partial charge in [0, 0.05) is 0 Å². The van der Waals surface area contributed by atoms with E-state index in [0.29, 0.717) is 24.2 Å². The second-order valence-corrected chi connectivity index (χ2v) is 23.6. The molecule has 65 heavy (non-hydrogen) atoms. The molecular formula is C48H82O17. The summed E-state index contributed by atoms with van der Waals surface area (Å²) in [5.41, 5.74) is -1.96. The maximum Gasteiger partial charge on any atom is 0.187 e. The first kappa shape index (κ1) is 50.7. The van der Waals surface area contributed by atoms with E-state index in [-0.39, 0.29) is 34.4 Å². The third-order valence-electron chi connectivity index (χ3n) is 19.7. The van der Waals surface area contributed by atoms with Gasteiger partial charge in [0.1, 0.15) is 66.6 Å². The van der Waals surface area contributed by atoms with Crippen LogP contribution < -0.4 is 0 Å². The van der Waals surface area contributed by atoms with Crippen molar-refractivity contribution in [1.29, 1.82) is 0 Å². The number of ether oxygens (including phenoxy) is 7. The van der Waals surface area contributed by atoms with Gasteiger partial charge in [-0.25, -0.2) is 0 Å². The minimum Gasteiger partial charge on any atom is -0.394 e. The standard InChI is InChI=1S/C48H82O17/c1-22-31(51)34(54)36(56)40(59-22)63-38-33(53)26(20-49)61-42(39(38)64-41-37(57)35(55)32(52)23(2)60-41)62-29-14-16-44(5)27(43(29,3)4)13-18-46(7)28(44)11-10-24-25(12-17-45(24,46)6)48(9)19-15-30(65-48)47(8,58)21-50/h22-42,49-58H,10-21H2,1-9H3/t22-,23-,24+,25-,26+,27+,28+,29-,30+,31-,32-,33+,34+,35+,36+,37+,38-,39+,40-,41-,42-,44-,45+,46+,47+,48-/m0/s1. The van der Waals surface area contributed by atoms with Crippen LogP contribution in [0.25, 0.3) is 0 Å². The van der Waals surface area contributed by atoms with E-state index in [1.54, 1.807) is 6.92 Å². The lowest BCUT2D eigenvalue weighted by atomic mass is 9.35. The van der Waals surface area contributed by atoms with E-state index in [2.05, 4.69) is 41.5 Å². The molecule has 10 N–H and O–H groups in total. The van der Waals surface area contributed by atoms with Crippen LogP contribution in [0.3, 0.4) is 0 Å². The van der Waals surface area contributed by atoms with Gasteiger partial charge in [-0.05, 0) is 137 Å². The Kier molecular flexibility index (Phi) is 13.9. The molecule has 8 fully saturated rings. The molecule has 0 aromatic rings. The van der Waals surface area contributed by atoms with Gasteiger partial charge in [0.05, 0.1) is 43.2 Å². The summed E-state index contributed by atoms with van der Waals surface area (Å²) in [5.74, 6) is 1.51. The molecule has 0 radical (unpaired) electrons. The first-order valence-corrected chi connectivity index (χ1v) is 24.6. The zero-order chi connectivity index (χ0) is 47.6. The maximum atomic E-state index is 11.7. The molecule has 17 heteroatoms. The van der Waals surface area contributed by atoms with Crippen LogP contribution in [0.2, 0.25) is 0 Å². The van der Waals surface area contributed by atoms with E-state index < -0.39 is 122 Å². The van der Waals surface area contributed by atoms with Gasteiger partial charge in [-0.15, -0.1) is 0 Å². The molecule has 4 aliphatic carbocycles. The molecule has 376 valence electrons. The number of aliphatic hydroxyl groups is 10. The van der Waals surface area contributed by atoms with Crippen LogP contribution in [-0.2, 0) is 33.2 Å². The molecule has 8 aliphatic rings. The van der Waals surface area contributed by atoms with Gasteiger partial charge in [0.25, 0.3) is 0 Å². The molecule has 0 spiro atoms. The molecule has 17 nitrogen and oxygen atoms in total. The van der Waals surface area contributed by atoms with E-state index in [4.69, 9.17) is 33.2 Å². The van der Waals surface area contributed by atoms with Gasteiger partial charge < -0.3 is 84.2 Å². The lowest BCUT2D eigenvalue weighted by Gasteiger charge is -2.70. The quantitative estimate of drug-likeness (QED) is 0.138. The highest BCUT2D eigenvalue weighted by atomic mass is 16.8. The van der Waals surface area contributed by atoms with E-state index in [9.17, 15) is 51.1 Å². The molecule has 4 saturated heterocycles. The summed E-state index contributed by atoms with van der Waals surface area (Å²) in [6.45, 7) is 17.9. The van der Waals surface area contributed by atoms with Gasteiger partial charge >= 0.3 is 0 Å². The summed E-state index contributed by atoms with van der Waals surface area (Å²) in [6.07, 6.45) is -13.3. The second-order valence-electron chi connectivity index (χ2n) is 23.6. The Balaban J connectivity index is 1.04. The van der Waals surface area contributed by atoms with E-state index >= 15 is 0 Å². The molecule has 4 aliphatic heterocycles. The Morgan fingerprint density at radius 3 is 1.72 bits per heavy atom. The molecule has 0 unspecified atom stereocenters. The molecule has 26 atom stereocenters. The lowest BCUT2D eigenvalue weighted by Crippen LogP contribution is -2.68. The van der Waals surface area contributed by atoms with Crippen LogP contribution in [0.4, 0.5) is 0 Å². The van der Waals surface area contributed by atoms with Crippen molar-refractivity contribution in [2.75, 3.05) is 13.2 Å².